The molecule has 96 valence electrons. The van der Waals surface area contributed by atoms with E-state index in [0.29, 0.717) is 6.61 Å². The van der Waals surface area contributed by atoms with Gasteiger partial charge in [-0.1, -0.05) is 0 Å². The van der Waals surface area contributed by atoms with Crippen molar-refractivity contribution in [3.8, 4) is 0 Å². The van der Waals surface area contributed by atoms with Crippen molar-refractivity contribution in [3.63, 3.8) is 0 Å². The number of nitrogens with two attached hydrogens (primary N) is 1. The minimum Gasteiger partial charge on any atom is -0.363 e. The minimum absolute atomic E-state index is 0.0506. The van der Waals surface area contributed by atoms with Crippen molar-refractivity contribution in [3.05, 3.63) is 11.8 Å². The Labute approximate surface area is 103 Å². The Hall–Kier alpha value is -0.680. The maximum absolute atomic E-state index is 11.8. The second kappa shape index (κ2) is 5.31. The van der Waals surface area contributed by atoms with E-state index in [4.69, 9.17) is 15.0 Å². The molecule has 6 nitrogen and oxygen atoms in total. The SMILES string of the molecule is CC1=CN(C2CCC(COP)O2)C(=O)NC1N. The Kier molecular flexibility index (Phi) is 3.99. The molecule has 0 bridgehead atoms. The first-order valence-electron chi connectivity index (χ1n) is 5.61. The number of hydrogen-bond donors (Lipinski definition) is 2. The molecule has 4 unspecified atom stereocenters. The highest BCUT2D eigenvalue weighted by molar-refractivity contribution is 7.09. The topological polar surface area (TPSA) is 76.8 Å². The highest BCUT2D eigenvalue weighted by atomic mass is 31.0. The van der Waals surface area contributed by atoms with Crippen LogP contribution in [-0.4, -0.2) is 36.0 Å². The van der Waals surface area contributed by atoms with Gasteiger partial charge in [0.1, 0.15) is 12.4 Å². The van der Waals surface area contributed by atoms with Crippen LogP contribution in [0.4, 0.5) is 4.79 Å². The zero-order valence-electron chi connectivity index (χ0n) is 9.76. The molecule has 0 aromatic rings. The van der Waals surface area contributed by atoms with Crippen LogP contribution in [0.15, 0.2) is 11.8 Å². The first-order valence-corrected chi connectivity index (χ1v) is 6.09. The van der Waals surface area contributed by atoms with Gasteiger partial charge in [-0.3, -0.25) is 4.90 Å². The molecule has 2 rings (SSSR count). The van der Waals surface area contributed by atoms with Gasteiger partial charge in [0.25, 0.3) is 0 Å². The summed E-state index contributed by atoms with van der Waals surface area (Å²) in [5, 5.41) is 2.68. The number of hydrogen-bond acceptors (Lipinski definition) is 4. The Morgan fingerprint density at radius 1 is 1.71 bits per heavy atom. The van der Waals surface area contributed by atoms with Crippen LogP contribution in [0.5, 0.6) is 0 Å². The van der Waals surface area contributed by atoms with Gasteiger partial charge >= 0.3 is 6.03 Å². The molecule has 0 spiro atoms. The van der Waals surface area contributed by atoms with Crippen molar-refractivity contribution in [1.82, 2.24) is 10.2 Å². The summed E-state index contributed by atoms with van der Waals surface area (Å²) in [7, 11) is 2.20. The average Bonchev–Trinajstić information content (AvgIpc) is 2.72. The first kappa shape index (κ1) is 12.8. The van der Waals surface area contributed by atoms with Gasteiger partial charge < -0.3 is 20.3 Å². The second-order valence-corrected chi connectivity index (χ2v) is 4.66. The molecule has 0 aliphatic carbocycles. The van der Waals surface area contributed by atoms with Crippen LogP contribution in [0.25, 0.3) is 0 Å². The van der Waals surface area contributed by atoms with Crippen LogP contribution in [0.1, 0.15) is 19.8 Å². The number of urea groups is 1. The summed E-state index contributed by atoms with van der Waals surface area (Å²) < 4.78 is 10.7. The number of carbonyl (C=O) groups is 1. The van der Waals surface area contributed by atoms with Gasteiger partial charge in [-0.25, -0.2) is 4.79 Å². The highest BCUT2D eigenvalue weighted by Crippen LogP contribution is 2.25. The predicted molar refractivity (Wildman–Crippen MR) is 65.7 cm³/mol. The van der Waals surface area contributed by atoms with Crippen LogP contribution in [0, 0.1) is 0 Å². The molecule has 3 N–H and O–H groups in total. The fourth-order valence-electron chi connectivity index (χ4n) is 2.01. The average molecular weight is 259 g/mol. The van der Waals surface area contributed by atoms with Crippen molar-refractivity contribution >= 4 is 15.5 Å². The van der Waals surface area contributed by atoms with E-state index in [2.05, 4.69) is 14.8 Å². The zero-order chi connectivity index (χ0) is 12.4. The van der Waals surface area contributed by atoms with E-state index in [1.54, 1.807) is 11.1 Å². The second-order valence-electron chi connectivity index (χ2n) is 4.33. The minimum atomic E-state index is -0.397. The lowest BCUT2D eigenvalue weighted by molar-refractivity contribution is -0.0316. The molecule has 17 heavy (non-hydrogen) atoms. The van der Waals surface area contributed by atoms with E-state index in [1.165, 1.54) is 0 Å². The summed E-state index contributed by atoms with van der Waals surface area (Å²) >= 11 is 0. The fourth-order valence-corrected chi connectivity index (χ4v) is 2.23. The smallest absolute Gasteiger partial charge is 0.325 e. The summed E-state index contributed by atoms with van der Waals surface area (Å²) in [6.07, 6.45) is 2.90. The molecule has 2 heterocycles. The molecule has 2 aliphatic heterocycles. The molecule has 4 atom stereocenters. The first-order chi connectivity index (χ1) is 8.11. The van der Waals surface area contributed by atoms with Gasteiger partial charge in [-0.2, -0.15) is 0 Å². The quantitative estimate of drug-likeness (QED) is 0.724. The molecule has 0 aromatic carbocycles. The Balaban J connectivity index is 2.01. The summed E-state index contributed by atoms with van der Waals surface area (Å²) in [6, 6.07) is -0.208. The number of nitrogens with zero attached hydrogens (tertiary/aromatic N) is 1. The standard InChI is InChI=1S/C10H18N3O3P/c1-6-4-13(10(14)12-9(6)11)8-3-2-7(16-8)5-15-17/h4,7-9H,2-3,5,11,17H2,1H3,(H,12,14). The number of ether oxygens (including phenoxy) is 1. The molecule has 0 saturated carbocycles. The van der Waals surface area contributed by atoms with Gasteiger partial charge in [0, 0.05) is 15.7 Å². The van der Waals surface area contributed by atoms with Gasteiger partial charge in [-0.05, 0) is 25.3 Å². The van der Waals surface area contributed by atoms with Crippen molar-refractivity contribution in [2.24, 2.45) is 5.73 Å². The summed E-state index contributed by atoms with van der Waals surface area (Å²) in [4.78, 5) is 13.3. The van der Waals surface area contributed by atoms with Crippen LogP contribution in [0.3, 0.4) is 0 Å². The van der Waals surface area contributed by atoms with Gasteiger partial charge in [0.15, 0.2) is 0 Å². The monoisotopic (exact) mass is 259 g/mol. The lowest BCUT2D eigenvalue weighted by Gasteiger charge is -2.32. The molecule has 2 aliphatic rings. The van der Waals surface area contributed by atoms with E-state index in [0.717, 1.165) is 18.4 Å². The molecule has 7 heteroatoms. The van der Waals surface area contributed by atoms with Gasteiger partial charge in [-0.15, -0.1) is 0 Å². The van der Waals surface area contributed by atoms with Crippen molar-refractivity contribution in [1.29, 1.82) is 0 Å². The van der Waals surface area contributed by atoms with E-state index < -0.39 is 6.17 Å². The lowest BCUT2D eigenvalue weighted by atomic mass is 10.2. The van der Waals surface area contributed by atoms with Crippen LogP contribution >= 0.6 is 9.47 Å². The number of nitrogens with one attached hydrogen (secondary N) is 1. The van der Waals surface area contributed by atoms with Gasteiger partial charge in [0.05, 0.1) is 12.7 Å². The molecule has 2 amide bonds. The summed E-state index contributed by atoms with van der Waals surface area (Å²) in [6.45, 7) is 2.41. The number of carbonyl (C=O) groups excluding carboxylic acids is 1. The Morgan fingerprint density at radius 3 is 3.18 bits per heavy atom. The lowest BCUT2D eigenvalue weighted by Crippen LogP contribution is -2.54. The maximum Gasteiger partial charge on any atom is 0.325 e. The fraction of sp³-hybridized carbons (Fsp3) is 0.700. The Morgan fingerprint density at radius 2 is 2.47 bits per heavy atom. The molecular weight excluding hydrogens is 241 g/mol. The van der Waals surface area contributed by atoms with Crippen molar-refractivity contribution in [2.45, 2.75) is 38.3 Å². The third-order valence-corrected chi connectivity index (χ3v) is 3.22. The normalized spacial score (nSPS) is 33.6. The molecule has 1 fully saturated rings. The summed E-state index contributed by atoms with van der Waals surface area (Å²) in [5.74, 6) is 0. The van der Waals surface area contributed by atoms with Crippen molar-refractivity contribution < 1.29 is 14.1 Å². The van der Waals surface area contributed by atoms with Crippen molar-refractivity contribution in [2.75, 3.05) is 6.61 Å². The van der Waals surface area contributed by atoms with Crippen LogP contribution < -0.4 is 11.1 Å². The van der Waals surface area contributed by atoms with E-state index in [9.17, 15) is 4.79 Å². The molecule has 1 saturated heterocycles. The molecular formula is C10H18N3O3P. The third kappa shape index (κ3) is 2.77. The van der Waals surface area contributed by atoms with E-state index in [1.807, 2.05) is 6.92 Å². The van der Waals surface area contributed by atoms with E-state index in [-0.39, 0.29) is 18.4 Å². The molecule has 0 aromatic heterocycles. The predicted octanol–water partition coefficient (Wildman–Crippen LogP) is 0.512. The number of rotatable bonds is 3. The maximum atomic E-state index is 11.8. The van der Waals surface area contributed by atoms with Gasteiger partial charge in [0.2, 0.25) is 0 Å². The number of amides is 2. The highest BCUT2D eigenvalue weighted by Gasteiger charge is 2.34. The zero-order valence-corrected chi connectivity index (χ0v) is 10.9. The molecule has 0 radical (unpaired) electrons. The Bertz CT molecular complexity index is 337. The third-order valence-electron chi connectivity index (χ3n) is 3.02. The van der Waals surface area contributed by atoms with Crippen LogP contribution in [-0.2, 0) is 9.26 Å². The summed E-state index contributed by atoms with van der Waals surface area (Å²) in [5.41, 5.74) is 6.63. The largest absolute Gasteiger partial charge is 0.363 e. The van der Waals surface area contributed by atoms with E-state index >= 15 is 0 Å². The van der Waals surface area contributed by atoms with Crippen LogP contribution in [0.2, 0.25) is 0 Å².